The molecule has 1 aliphatic rings. The lowest BCUT2D eigenvalue weighted by Gasteiger charge is -2.32. The van der Waals surface area contributed by atoms with E-state index < -0.39 is 11.9 Å². The van der Waals surface area contributed by atoms with Gasteiger partial charge in [0, 0.05) is 25.2 Å². The number of nitrogens with zero attached hydrogens (tertiary/aromatic N) is 5. The molecule has 0 aliphatic carbocycles. The Hall–Kier alpha value is -2.75. The second-order valence-electron chi connectivity index (χ2n) is 7.37. The molecule has 10 heteroatoms. The van der Waals surface area contributed by atoms with Crippen molar-refractivity contribution in [3.05, 3.63) is 53.1 Å². The van der Waals surface area contributed by atoms with Crippen molar-refractivity contribution in [1.29, 1.82) is 0 Å². The predicted molar refractivity (Wildman–Crippen MR) is 106 cm³/mol. The van der Waals surface area contributed by atoms with Gasteiger partial charge in [-0.3, -0.25) is 9.48 Å². The summed E-state index contributed by atoms with van der Waals surface area (Å²) in [6.45, 7) is 2.85. The standard InChI is InChI=1S/C20H20F3N5OS/c1-13-9-24-28(10-13)12-18(29)27-6-2-4-14(11-27)19-25-15(16-5-3-7-30-16)8-17(26-19)20(21,22)23/h3,5,7-10,14H,2,4,6,11-12H2,1H3. The Morgan fingerprint density at radius 3 is 2.83 bits per heavy atom. The topological polar surface area (TPSA) is 63.9 Å². The van der Waals surface area contributed by atoms with E-state index in [-0.39, 0.29) is 29.9 Å². The van der Waals surface area contributed by atoms with Crippen molar-refractivity contribution in [2.24, 2.45) is 0 Å². The number of hydrogen-bond acceptors (Lipinski definition) is 5. The Morgan fingerprint density at radius 1 is 1.33 bits per heavy atom. The molecule has 0 radical (unpaired) electrons. The number of aryl methyl sites for hydroxylation is 1. The predicted octanol–water partition coefficient (Wildman–Crippen LogP) is 4.14. The van der Waals surface area contributed by atoms with Crippen LogP contribution in [0.5, 0.6) is 0 Å². The molecule has 0 aromatic carbocycles. The first kappa shape index (κ1) is 20.5. The molecule has 6 nitrogen and oxygen atoms in total. The van der Waals surface area contributed by atoms with Crippen LogP contribution in [0.25, 0.3) is 10.6 Å². The molecule has 1 fully saturated rings. The maximum absolute atomic E-state index is 13.4. The van der Waals surface area contributed by atoms with E-state index in [0.717, 1.165) is 11.6 Å². The summed E-state index contributed by atoms with van der Waals surface area (Å²) in [4.78, 5) is 23.3. The van der Waals surface area contributed by atoms with Gasteiger partial charge in [0.25, 0.3) is 0 Å². The Bertz CT molecular complexity index is 1030. The number of halogens is 3. The highest BCUT2D eigenvalue weighted by Crippen LogP contribution is 2.34. The van der Waals surface area contributed by atoms with Crippen LogP contribution in [0.4, 0.5) is 13.2 Å². The lowest BCUT2D eigenvalue weighted by Crippen LogP contribution is -2.41. The van der Waals surface area contributed by atoms with Crippen LogP contribution >= 0.6 is 11.3 Å². The van der Waals surface area contributed by atoms with Gasteiger partial charge in [0.05, 0.1) is 16.8 Å². The third-order valence-corrected chi connectivity index (χ3v) is 5.90. The van der Waals surface area contributed by atoms with Crippen LogP contribution in [0.1, 0.15) is 35.8 Å². The maximum Gasteiger partial charge on any atom is 0.433 e. The van der Waals surface area contributed by atoms with E-state index in [0.29, 0.717) is 30.8 Å². The van der Waals surface area contributed by atoms with Crippen molar-refractivity contribution < 1.29 is 18.0 Å². The van der Waals surface area contributed by atoms with Gasteiger partial charge in [-0.1, -0.05) is 6.07 Å². The van der Waals surface area contributed by atoms with Crippen molar-refractivity contribution in [1.82, 2.24) is 24.6 Å². The first-order valence-corrected chi connectivity index (χ1v) is 10.4. The molecule has 0 N–H and O–H groups in total. The number of piperidine rings is 1. The summed E-state index contributed by atoms with van der Waals surface area (Å²) in [7, 11) is 0. The SMILES string of the molecule is Cc1cnn(CC(=O)N2CCCC(c3nc(-c4cccs4)cc(C(F)(F)F)n3)C2)c1. The van der Waals surface area contributed by atoms with E-state index in [1.165, 1.54) is 11.3 Å². The smallest absolute Gasteiger partial charge is 0.340 e. The average Bonchev–Trinajstić information content (AvgIpc) is 3.39. The fourth-order valence-electron chi connectivity index (χ4n) is 3.55. The first-order valence-electron chi connectivity index (χ1n) is 9.56. The van der Waals surface area contributed by atoms with Crippen LogP contribution in [0.2, 0.25) is 0 Å². The Morgan fingerprint density at radius 2 is 2.17 bits per heavy atom. The first-order chi connectivity index (χ1) is 14.3. The van der Waals surface area contributed by atoms with Crippen LogP contribution in [-0.2, 0) is 17.5 Å². The number of alkyl halides is 3. The van der Waals surface area contributed by atoms with Crippen LogP contribution < -0.4 is 0 Å². The van der Waals surface area contributed by atoms with Gasteiger partial charge >= 0.3 is 6.18 Å². The minimum atomic E-state index is -4.56. The van der Waals surface area contributed by atoms with Gasteiger partial charge in [-0.05, 0) is 42.8 Å². The summed E-state index contributed by atoms with van der Waals surface area (Å²) in [6.07, 6.45) is 0.210. The number of amides is 1. The fourth-order valence-corrected chi connectivity index (χ4v) is 4.24. The van der Waals surface area contributed by atoms with Gasteiger partial charge < -0.3 is 4.90 Å². The monoisotopic (exact) mass is 435 g/mol. The molecule has 0 spiro atoms. The highest BCUT2D eigenvalue weighted by molar-refractivity contribution is 7.13. The summed E-state index contributed by atoms with van der Waals surface area (Å²) in [5.74, 6) is -0.322. The lowest BCUT2D eigenvalue weighted by molar-refractivity contribution is -0.141. The normalized spacial score (nSPS) is 17.3. The molecule has 0 bridgehead atoms. The molecule has 1 unspecified atom stereocenters. The molecule has 1 atom stereocenters. The number of hydrogen-bond donors (Lipinski definition) is 0. The van der Waals surface area contributed by atoms with Crippen molar-refractivity contribution in [2.75, 3.05) is 13.1 Å². The van der Waals surface area contributed by atoms with Gasteiger partial charge in [0.1, 0.15) is 18.1 Å². The summed E-state index contributed by atoms with van der Waals surface area (Å²) in [5.41, 5.74) is 0.266. The van der Waals surface area contributed by atoms with Crippen molar-refractivity contribution in [2.45, 2.75) is 38.4 Å². The van der Waals surface area contributed by atoms with Crippen molar-refractivity contribution in [3.63, 3.8) is 0 Å². The molecule has 4 rings (SSSR count). The highest BCUT2D eigenvalue weighted by Gasteiger charge is 2.35. The Labute approximate surface area is 175 Å². The molecule has 1 amide bonds. The summed E-state index contributed by atoms with van der Waals surface area (Å²) >= 11 is 1.33. The van der Waals surface area contributed by atoms with Gasteiger partial charge in [-0.25, -0.2) is 9.97 Å². The third-order valence-electron chi connectivity index (χ3n) is 5.01. The van der Waals surface area contributed by atoms with E-state index in [4.69, 9.17) is 0 Å². The van der Waals surface area contributed by atoms with Gasteiger partial charge in [-0.15, -0.1) is 11.3 Å². The number of likely N-dealkylation sites (tertiary alicyclic amines) is 1. The van der Waals surface area contributed by atoms with Crippen molar-refractivity contribution in [3.8, 4) is 10.6 Å². The van der Waals surface area contributed by atoms with Crippen LogP contribution in [0.15, 0.2) is 36.0 Å². The van der Waals surface area contributed by atoms with E-state index in [2.05, 4.69) is 15.1 Å². The third kappa shape index (κ3) is 4.53. The molecule has 0 saturated carbocycles. The molecule has 30 heavy (non-hydrogen) atoms. The van der Waals surface area contributed by atoms with Gasteiger partial charge in [0.15, 0.2) is 0 Å². The minimum Gasteiger partial charge on any atom is -0.340 e. The molecule has 158 valence electrons. The molecule has 1 aliphatic heterocycles. The van der Waals surface area contributed by atoms with Crippen LogP contribution in [0.3, 0.4) is 0 Å². The van der Waals surface area contributed by atoms with Gasteiger partial charge in [0.2, 0.25) is 5.91 Å². The van der Waals surface area contributed by atoms with E-state index in [1.807, 2.05) is 6.92 Å². The second kappa shape index (κ2) is 8.17. The van der Waals surface area contributed by atoms with Crippen LogP contribution in [0, 0.1) is 6.92 Å². The van der Waals surface area contributed by atoms with Gasteiger partial charge in [-0.2, -0.15) is 18.3 Å². The van der Waals surface area contributed by atoms with Crippen molar-refractivity contribution >= 4 is 17.2 Å². The number of aromatic nitrogens is 4. The van der Waals surface area contributed by atoms with E-state index in [1.54, 1.807) is 39.5 Å². The zero-order valence-corrected chi connectivity index (χ0v) is 17.1. The number of thiophene rings is 1. The molecule has 3 aromatic rings. The number of carbonyl (C=O) groups excluding carboxylic acids is 1. The van der Waals surface area contributed by atoms with Crippen LogP contribution in [-0.4, -0.2) is 43.6 Å². The average molecular weight is 435 g/mol. The molecule has 4 heterocycles. The highest BCUT2D eigenvalue weighted by atomic mass is 32.1. The fraction of sp³-hybridized carbons (Fsp3) is 0.400. The lowest BCUT2D eigenvalue weighted by atomic mass is 9.96. The Balaban J connectivity index is 1.58. The minimum absolute atomic E-state index is 0.102. The molecular formula is C20H20F3N5OS. The summed E-state index contributed by atoms with van der Waals surface area (Å²) < 4.78 is 41.9. The largest absolute Gasteiger partial charge is 0.433 e. The zero-order valence-electron chi connectivity index (χ0n) is 16.3. The maximum atomic E-state index is 13.4. The van der Waals surface area contributed by atoms with E-state index >= 15 is 0 Å². The zero-order chi connectivity index (χ0) is 21.3. The summed E-state index contributed by atoms with van der Waals surface area (Å²) in [6, 6.07) is 4.49. The summed E-state index contributed by atoms with van der Waals surface area (Å²) in [5, 5.41) is 5.92. The quantitative estimate of drug-likeness (QED) is 0.618. The second-order valence-corrected chi connectivity index (χ2v) is 8.31. The Kier molecular flexibility index (Phi) is 5.59. The molecule has 1 saturated heterocycles. The van der Waals surface area contributed by atoms with E-state index in [9.17, 15) is 18.0 Å². The molecule has 3 aromatic heterocycles. The number of carbonyl (C=O) groups is 1. The molecular weight excluding hydrogens is 415 g/mol. The number of rotatable bonds is 4.